The van der Waals surface area contributed by atoms with Crippen molar-refractivity contribution < 1.29 is 19.1 Å². The van der Waals surface area contributed by atoms with Crippen LogP contribution in [0, 0.1) is 0 Å². The highest BCUT2D eigenvalue weighted by Gasteiger charge is 2.30. The molecule has 0 aliphatic carbocycles. The maximum atomic E-state index is 13.7. The zero-order chi connectivity index (χ0) is 25.3. The minimum Gasteiger partial charge on any atom is -0.454 e. The topological polar surface area (TPSA) is 67.9 Å². The molecule has 0 fully saturated rings. The molecule has 3 aromatic rings. The van der Waals surface area contributed by atoms with Crippen molar-refractivity contribution in [3.8, 4) is 11.5 Å². The predicted molar refractivity (Wildman–Crippen MR) is 143 cm³/mol. The zero-order valence-electron chi connectivity index (χ0n) is 20.4. The van der Waals surface area contributed by atoms with Crippen LogP contribution in [0.15, 0.2) is 77.3 Å². The number of nitrogens with zero attached hydrogens (tertiary/aromatic N) is 1. The van der Waals surface area contributed by atoms with Gasteiger partial charge in [0, 0.05) is 30.4 Å². The van der Waals surface area contributed by atoms with Gasteiger partial charge in [-0.25, -0.2) is 0 Å². The van der Waals surface area contributed by atoms with Gasteiger partial charge in [-0.3, -0.25) is 9.59 Å². The largest absolute Gasteiger partial charge is 0.454 e. The molecule has 4 rings (SSSR count). The van der Waals surface area contributed by atoms with E-state index in [0.717, 1.165) is 33.3 Å². The summed E-state index contributed by atoms with van der Waals surface area (Å²) in [4.78, 5) is 28.8. The average Bonchev–Trinajstić information content (AvgIpc) is 3.37. The third-order valence-corrected chi connectivity index (χ3v) is 6.68. The summed E-state index contributed by atoms with van der Waals surface area (Å²) in [7, 11) is 0. The molecule has 0 bridgehead atoms. The van der Waals surface area contributed by atoms with Gasteiger partial charge in [-0.15, -0.1) is 0 Å². The Kier molecular flexibility index (Phi) is 9.01. The number of hydrogen-bond donors (Lipinski definition) is 1. The van der Waals surface area contributed by atoms with Gasteiger partial charge in [0.25, 0.3) is 0 Å². The first-order chi connectivity index (χ1) is 17.5. The zero-order valence-corrected chi connectivity index (χ0v) is 22.0. The van der Waals surface area contributed by atoms with Crippen LogP contribution in [0.25, 0.3) is 0 Å². The van der Waals surface area contributed by atoms with Crippen LogP contribution in [-0.2, 0) is 29.0 Å². The Bertz CT molecular complexity index is 1170. The Morgan fingerprint density at radius 3 is 2.42 bits per heavy atom. The molecular formula is C29H31BrN2O4. The Labute approximate surface area is 220 Å². The number of nitrogens with one attached hydrogen (secondary N) is 1. The van der Waals surface area contributed by atoms with Gasteiger partial charge in [-0.05, 0) is 53.8 Å². The molecule has 0 saturated carbocycles. The molecule has 0 saturated heterocycles. The van der Waals surface area contributed by atoms with Gasteiger partial charge in [0.15, 0.2) is 11.5 Å². The van der Waals surface area contributed by atoms with Crippen LogP contribution in [0.1, 0.15) is 36.5 Å². The van der Waals surface area contributed by atoms with Gasteiger partial charge in [0.2, 0.25) is 18.6 Å². The van der Waals surface area contributed by atoms with Gasteiger partial charge in [0.1, 0.15) is 6.04 Å². The van der Waals surface area contributed by atoms with Crippen molar-refractivity contribution in [2.24, 2.45) is 0 Å². The molecule has 0 unspecified atom stereocenters. The molecule has 36 heavy (non-hydrogen) atoms. The van der Waals surface area contributed by atoms with E-state index in [1.165, 1.54) is 0 Å². The van der Waals surface area contributed by atoms with Crippen LogP contribution >= 0.6 is 15.9 Å². The van der Waals surface area contributed by atoms with Gasteiger partial charge in [0.05, 0.1) is 0 Å². The number of benzene rings is 3. The molecule has 1 atom stereocenters. The smallest absolute Gasteiger partial charge is 0.243 e. The number of fused-ring (bicyclic) bond motifs is 1. The standard InChI is InChI=1S/C29H31BrN2O4/c1-2-16-31-29(34)25(17-21-6-4-3-5-7-21)32(19-23-8-12-24(30)13-9-23)28(33)15-11-22-10-14-26-27(18-22)36-20-35-26/h3-10,12-14,18,25H,2,11,15-17,19-20H2,1H3,(H,31,34)/t25-/m1/s1. The van der Waals surface area contributed by atoms with E-state index in [-0.39, 0.29) is 25.0 Å². The molecule has 0 spiro atoms. The van der Waals surface area contributed by atoms with Crippen molar-refractivity contribution in [2.45, 2.75) is 45.2 Å². The molecule has 1 aliphatic heterocycles. The van der Waals surface area contributed by atoms with E-state index in [0.29, 0.717) is 31.7 Å². The number of rotatable bonds is 11. The van der Waals surface area contributed by atoms with E-state index in [4.69, 9.17) is 9.47 Å². The average molecular weight is 551 g/mol. The molecule has 6 nitrogen and oxygen atoms in total. The molecule has 0 aromatic heterocycles. The fraction of sp³-hybridized carbons (Fsp3) is 0.310. The van der Waals surface area contributed by atoms with E-state index in [2.05, 4.69) is 21.2 Å². The second-order valence-corrected chi connectivity index (χ2v) is 9.75. The Hall–Kier alpha value is -3.32. The highest BCUT2D eigenvalue weighted by Crippen LogP contribution is 2.33. The monoisotopic (exact) mass is 550 g/mol. The summed E-state index contributed by atoms with van der Waals surface area (Å²) in [5.41, 5.74) is 2.97. The maximum absolute atomic E-state index is 13.7. The first-order valence-corrected chi connectivity index (χ1v) is 13.1. The van der Waals surface area contributed by atoms with Gasteiger partial charge >= 0.3 is 0 Å². The molecule has 0 radical (unpaired) electrons. The Balaban J connectivity index is 1.57. The summed E-state index contributed by atoms with van der Waals surface area (Å²) in [5, 5.41) is 3.01. The van der Waals surface area contributed by atoms with Crippen molar-refractivity contribution >= 4 is 27.7 Å². The SMILES string of the molecule is CCCNC(=O)[C@@H](Cc1ccccc1)N(Cc1ccc(Br)cc1)C(=O)CCc1ccc2c(c1)OCO2. The Morgan fingerprint density at radius 2 is 1.67 bits per heavy atom. The van der Waals surface area contributed by atoms with E-state index < -0.39 is 6.04 Å². The second kappa shape index (κ2) is 12.6. The number of carbonyl (C=O) groups is 2. The van der Waals surface area contributed by atoms with E-state index in [9.17, 15) is 9.59 Å². The van der Waals surface area contributed by atoms with Crippen LogP contribution < -0.4 is 14.8 Å². The van der Waals surface area contributed by atoms with E-state index in [1.54, 1.807) is 4.90 Å². The van der Waals surface area contributed by atoms with Crippen molar-refractivity contribution in [3.63, 3.8) is 0 Å². The van der Waals surface area contributed by atoms with E-state index in [1.807, 2.05) is 79.7 Å². The summed E-state index contributed by atoms with van der Waals surface area (Å²) in [6.07, 6.45) is 2.10. The number of aryl methyl sites for hydroxylation is 1. The van der Waals surface area contributed by atoms with Crippen molar-refractivity contribution in [3.05, 3.63) is 94.0 Å². The summed E-state index contributed by atoms with van der Waals surface area (Å²) >= 11 is 3.47. The summed E-state index contributed by atoms with van der Waals surface area (Å²) in [6.45, 7) is 3.15. The highest BCUT2D eigenvalue weighted by atomic mass is 79.9. The molecule has 188 valence electrons. The third-order valence-electron chi connectivity index (χ3n) is 6.15. The van der Waals surface area contributed by atoms with Crippen molar-refractivity contribution in [1.29, 1.82) is 0 Å². The number of ether oxygens (including phenoxy) is 2. The first kappa shape index (κ1) is 25.8. The lowest BCUT2D eigenvalue weighted by Gasteiger charge is -2.31. The number of hydrogen-bond acceptors (Lipinski definition) is 4. The minimum atomic E-state index is -0.619. The van der Waals surface area contributed by atoms with Gasteiger partial charge in [-0.2, -0.15) is 0 Å². The summed E-state index contributed by atoms with van der Waals surface area (Å²) < 4.78 is 11.8. The van der Waals surface area contributed by atoms with Crippen molar-refractivity contribution in [2.75, 3.05) is 13.3 Å². The van der Waals surface area contributed by atoms with E-state index >= 15 is 0 Å². The molecule has 7 heteroatoms. The lowest BCUT2D eigenvalue weighted by Crippen LogP contribution is -2.50. The first-order valence-electron chi connectivity index (χ1n) is 12.3. The molecule has 2 amide bonds. The summed E-state index contributed by atoms with van der Waals surface area (Å²) in [6, 6.07) is 22.8. The van der Waals surface area contributed by atoms with Gasteiger partial charge in [-0.1, -0.05) is 71.4 Å². The summed E-state index contributed by atoms with van der Waals surface area (Å²) in [5.74, 6) is 1.22. The fourth-order valence-corrected chi connectivity index (χ4v) is 4.46. The fourth-order valence-electron chi connectivity index (χ4n) is 4.20. The molecule has 1 aliphatic rings. The number of halogens is 1. The Morgan fingerprint density at radius 1 is 0.944 bits per heavy atom. The quantitative estimate of drug-likeness (QED) is 0.353. The molecule has 1 heterocycles. The lowest BCUT2D eigenvalue weighted by molar-refractivity contribution is -0.141. The van der Waals surface area contributed by atoms with Crippen molar-refractivity contribution in [1.82, 2.24) is 10.2 Å². The lowest BCUT2D eigenvalue weighted by atomic mass is 10.0. The highest BCUT2D eigenvalue weighted by molar-refractivity contribution is 9.10. The van der Waals surface area contributed by atoms with Crippen LogP contribution in [0.5, 0.6) is 11.5 Å². The number of amides is 2. The van der Waals surface area contributed by atoms with Gasteiger partial charge < -0.3 is 19.7 Å². The third kappa shape index (κ3) is 6.88. The molecule has 1 N–H and O–H groups in total. The molecule has 3 aromatic carbocycles. The van der Waals surface area contributed by atoms with Crippen LogP contribution in [0.2, 0.25) is 0 Å². The van der Waals surface area contributed by atoms with Crippen LogP contribution in [0.3, 0.4) is 0 Å². The normalized spacial score (nSPS) is 12.7. The van der Waals surface area contributed by atoms with Crippen LogP contribution in [-0.4, -0.2) is 36.1 Å². The molecular weight excluding hydrogens is 520 g/mol. The minimum absolute atomic E-state index is 0.0665. The maximum Gasteiger partial charge on any atom is 0.243 e. The number of carbonyl (C=O) groups excluding carboxylic acids is 2. The van der Waals surface area contributed by atoms with Crippen LogP contribution in [0.4, 0.5) is 0 Å². The predicted octanol–water partition coefficient (Wildman–Crippen LogP) is 5.28. The second-order valence-electron chi connectivity index (χ2n) is 8.83.